The number of benzene rings is 1. The first kappa shape index (κ1) is 16.1. The van der Waals surface area contributed by atoms with Gasteiger partial charge in [0.05, 0.1) is 10.5 Å². The largest absolute Gasteiger partial charge is 0.478 e. The SMILES string of the molecule is CCn1cc([N+](=O)[O-])c(C(=O)NCc2ccc(C(=O)O)cc2)n1. The summed E-state index contributed by atoms with van der Waals surface area (Å²) in [5.41, 5.74) is 0.197. The standard InChI is InChI=1S/C14H14N4O5/c1-2-17-8-11(18(22)23)12(16-17)13(19)15-7-9-3-5-10(6-4-9)14(20)21/h3-6,8H,2,7H2,1H3,(H,15,19)(H,20,21). The summed E-state index contributed by atoms with van der Waals surface area (Å²) in [6.07, 6.45) is 1.20. The maximum Gasteiger partial charge on any atom is 0.335 e. The predicted octanol–water partition coefficient (Wildman–Crippen LogP) is 1.44. The fourth-order valence-electron chi connectivity index (χ4n) is 1.90. The summed E-state index contributed by atoms with van der Waals surface area (Å²) < 4.78 is 1.31. The number of hydrogen-bond acceptors (Lipinski definition) is 5. The Hall–Kier alpha value is -3.23. The molecule has 0 aliphatic rings. The Balaban J connectivity index is 2.09. The molecule has 0 bridgehead atoms. The fourth-order valence-corrected chi connectivity index (χ4v) is 1.90. The molecule has 0 atom stereocenters. The van der Waals surface area contributed by atoms with E-state index in [2.05, 4.69) is 10.4 Å². The Morgan fingerprint density at radius 3 is 2.52 bits per heavy atom. The molecular weight excluding hydrogens is 304 g/mol. The van der Waals surface area contributed by atoms with Gasteiger partial charge in [-0.15, -0.1) is 0 Å². The molecule has 1 amide bonds. The van der Waals surface area contributed by atoms with Crippen LogP contribution in [0.15, 0.2) is 30.5 Å². The molecule has 0 radical (unpaired) electrons. The van der Waals surface area contributed by atoms with E-state index < -0.39 is 16.8 Å². The molecule has 0 fully saturated rings. The molecule has 1 aromatic carbocycles. The number of hydrogen-bond donors (Lipinski definition) is 2. The minimum atomic E-state index is -1.04. The lowest BCUT2D eigenvalue weighted by atomic mass is 10.1. The molecule has 9 nitrogen and oxygen atoms in total. The average molecular weight is 318 g/mol. The van der Waals surface area contributed by atoms with Gasteiger partial charge in [-0.3, -0.25) is 19.6 Å². The molecule has 2 N–H and O–H groups in total. The van der Waals surface area contributed by atoms with E-state index in [1.165, 1.54) is 23.0 Å². The summed E-state index contributed by atoms with van der Waals surface area (Å²) in [6.45, 7) is 2.27. The average Bonchev–Trinajstić information content (AvgIpc) is 2.97. The van der Waals surface area contributed by atoms with Crippen molar-refractivity contribution < 1.29 is 19.6 Å². The van der Waals surface area contributed by atoms with Crippen molar-refractivity contribution in [1.29, 1.82) is 0 Å². The number of aryl methyl sites for hydroxylation is 1. The number of amides is 1. The van der Waals surface area contributed by atoms with Crippen molar-refractivity contribution in [1.82, 2.24) is 15.1 Å². The van der Waals surface area contributed by atoms with E-state index in [4.69, 9.17) is 5.11 Å². The Kier molecular flexibility index (Phi) is 4.69. The smallest absolute Gasteiger partial charge is 0.335 e. The van der Waals surface area contributed by atoms with E-state index in [0.717, 1.165) is 0 Å². The highest BCUT2D eigenvalue weighted by Crippen LogP contribution is 2.16. The van der Waals surface area contributed by atoms with Crippen LogP contribution in [0, 0.1) is 10.1 Å². The molecule has 0 saturated heterocycles. The van der Waals surface area contributed by atoms with Gasteiger partial charge < -0.3 is 10.4 Å². The minimum Gasteiger partial charge on any atom is -0.478 e. The number of carboxylic acids is 1. The summed E-state index contributed by atoms with van der Waals surface area (Å²) in [7, 11) is 0. The van der Waals surface area contributed by atoms with Gasteiger partial charge >= 0.3 is 11.7 Å². The van der Waals surface area contributed by atoms with E-state index in [1.807, 2.05) is 0 Å². The summed E-state index contributed by atoms with van der Waals surface area (Å²) in [6, 6.07) is 5.95. The lowest BCUT2D eigenvalue weighted by molar-refractivity contribution is -0.385. The lowest BCUT2D eigenvalue weighted by Gasteiger charge is -2.04. The van der Waals surface area contributed by atoms with Gasteiger partial charge in [0.25, 0.3) is 5.91 Å². The molecule has 2 rings (SSSR count). The number of aromatic nitrogens is 2. The molecule has 2 aromatic rings. The first-order chi connectivity index (χ1) is 10.9. The Labute approximate surface area is 130 Å². The highest BCUT2D eigenvalue weighted by molar-refractivity contribution is 5.96. The molecule has 23 heavy (non-hydrogen) atoms. The third-order valence-corrected chi connectivity index (χ3v) is 3.13. The molecule has 1 aromatic heterocycles. The zero-order chi connectivity index (χ0) is 17.0. The normalized spacial score (nSPS) is 10.3. The van der Waals surface area contributed by atoms with Gasteiger partial charge in [-0.1, -0.05) is 12.1 Å². The van der Waals surface area contributed by atoms with Crippen LogP contribution in [0.25, 0.3) is 0 Å². The summed E-state index contributed by atoms with van der Waals surface area (Å²) >= 11 is 0. The molecule has 9 heteroatoms. The number of carboxylic acid groups (broad SMARTS) is 1. The number of nitro groups is 1. The second-order valence-electron chi connectivity index (χ2n) is 4.66. The van der Waals surface area contributed by atoms with Crippen LogP contribution in [0.3, 0.4) is 0 Å². The highest BCUT2D eigenvalue weighted by atomic mass is 16.6. The molecular formula is C14H14N4O5. The van der Waals surface area contributed by atoms with Crippen LogP contribution in [-0.2, 0) is 13.1 Å². The van der Waals surface area contributed by atoms with Gasteiger partial charge in [-0.2, -0.15) is 5.10 Å². The van der Waals surface area contributed by atoms with Crippen molar-refractivity contribution in [3.8, 4) is 0 Å². The maximum absolute atomic E-state index is 12.1. The quantitative estimate of drug-likeness (QED) is 0.612. The van der Waals surface area contributed by atoms with E-state index in [9.17, 15) is 19.7 Å². The van der Waals surface area contributed by atoms with Gasteiger partial charge in [-0.05, 0) is 24.6 Å². The Bertz CT molecular complexity index is 751. The Morgan fingerprint density at radius 1 is 1.35 bits per heavy atom. The van der Waals surface area contributed by atoms with E-state index in [0.29, 0.717) is 12.1 Å². The molecule has 0 spiro atoms. The minimum absolute atomic E-state index is 0.106. The number of rotatable bonds is 6. The molecule has 0 aliphatic carbocycles. The van der Waals surface area contributed by atoms with Crippen LogP contribution >= 0.6 is 0 Å². The summed E-state index contributed by atoms with van der Waals surface area (Å²) in [5, 5.41) is 26.2. The van der Waals surface area contributed by atoms with Crippen LogP contribution in [0.1, 0.15) is 33.3 Å². The van der Waals surface area contributed by atoms with Gasteiger partial charge in [0, 0.05) is 13.1 Å². The first-order valence-corrected chi connectivity index (χ1v) is 6.74. The third-order valence-electron chi connectivity index (χ3n) is 3.13. The zero-order valence-corrected chi connectivity index (χ0v) is 12.2. The molecule has 0 aliphatic heterocycles. The third kappa shape index (κ3) is 3.70. The molecule has 0 saturated carbocycles. The van der Waals surface area contributed by atoms with Crippen molar-refractivity contribution in [2.75, 3.05) is 0 Å². The number of nitrogens with one attached hydrogen (secondary N) is 1. The number of carbonyl (C=O) groups is 2. The van der Waals surface area contributed by atoms with Gasteiger partial charge in [0.1, 0.15) is 6.20 Å². The summed E-state index contributed by atoms with van der Waals surface area (Å²) in [4.78, 5) is 33.1. The van der Waals surface area contributed by atoms with Crippen LogP contribution in [0.2, 0.25) is 0 Å². The topological polar surface area (TPSA) is 127 Å². The number of carbonyl (C=O) groups excluding carboxylic acids is 1. The number of nitrogens with zero attached hydrogens (tertiary/aromatic N) is 3. The van der Waals surface area contributed by atoms with Gasteiger partial charge in [0.2, 0.25) is 5.69 Å². The van der Waals surface area contributed by atoms with E-state index >= 15 is 0 Å². The van der Waals surface area contributed by atoms with Gasteiger partial charge in [0.15, 0.2) is 0 Å². The van der Waals surface area contributed by atoms with E-state index in [-0.39, 0.29) is 23.5 Å². The highest BCUT2D eigenvalue weighted by Gasteiger charge is 2.25. The first-order valence-electron chi connectivity index (χ1n) is 6.74. The molecule has 1 heterocycles. The van der Waals surface area contributed by atoms with Gasteiger partial charge in [-0.25, -0.2) is 4.79 Å². The second-order valence-corrected chi connectivity index (χ2v) is 4.66. The van der Waals surface area contributed by atoms with Crippen molar-refractivity contribution in [3.63, 3.8) is 0 Å². The maximum atomic E-state index is 12.1. The zero-order valence-electron chi connectivity index (χ0n) is 12.2. The van der Waals surface area contributed by atoms with Crippen molar-refractivity contribution in [2.24, 2.45) is 0 Å². The van der Waals surface area contributed by atoms with Crippen LogP contribution in [0.5, 0.6) is 0 Å². The second kappa shape index (κ2) is 6.69. The van der Waals surface area contributed by atoms with Crippen LogP contribution in [0.4, 0.5) is 5.69 Å². The van der Waals surface area contributed by atoms with Crippen LogP contribution < -0.4 is 5.32 Å². The molecule has 0 unspecified atom stereocenters. The predicted molar refractivity (Wildman–Crippen MR) is 79.1 cm³/mol. The van der Waals surface area contributed by atoms with Crippen molar-refractivity contribution in [2.45, 2.75) is 20.0 Å². The fraction of sp³-hybridized carbons (Fsp3) is 0.214. The lowest BCUT2D eigenvalue weighted by Crippen LogP contribution is -2.24. The van der Waals surface area contributed by atoms with Crippen molar-refractivity contribution in [3.05, 3.63) is 57.4 Å². The van der Waals surface area contributed by atoms with E-state index in [1.54, 1.807) is 19.1 Å². The monoisotopic (exact) mass is 318 g/mol. The van der Waals surface area contributed by atoms with Crippen LogP contribution in [-0.4, -0.2) is 31.7 Å². The summed E-state index contributed by atoms with van der Waals surface area (Å²) in [5.74, 6) is -1.70. The number of aromatic carboxylic acids is 1. The molecule has 120 valence electrons. The van der Waals surface area contributed by atoms with Crippen molar-refractivity contribution >= 4 is 17.6 Å². The Morgan fingerprint density at radius 2 is 2.00 bits per heavy atom.